The quantitative estimate of drug-likeness (QED) is 0.775. The zero-order chi connectivity index (χ0) is 14.8. The summed E-state index contributed by atoms with van der Waals surface area (Å²) in [7, 11) is -3.39. The van der Waals surface area contributed by atoms with Gasteiger partial charge in [-0.1, -0.05) is 6.92 Å². The lowest BCUT2D eigenvalue weighted by Crippen LogP contribution is -2.42. The van der Waals surface area contributed by atoms with Gasteiger partial charge in [-0.2, -0.15) is 0 Å². The number of hydrogen-bond donors (Lipinski definition) is 2. The number of nitrogens with one attached hydrogen (secondary N) is 2. The van der Waals surface area contributed by atoms with Crippen molar-refractivity contribution >= 4 is 21.4 Å². The van der Waals surface area contributed by atoms with E-state index < -0.39 is 15.6 Å². The van der Waals surface area contributed by atoms with Crippen molar-refractivity contribution in [3.05, 3.63) is 17.0 Å². The summed E-state index contributed by atoms with van der Waals surface area (Å²) in [5, 5.41) is 3.44. The lowest BCUT2D eigenvalue weighted by molar-refractivity contribution is 0.440. The van der Waals surface area contributed by atoms with Crippen LogP contribution in [-0.2, 0) is 16.4 Å². The topological polar surface area (TPSA) is 58.2 Å². The third kappa shape index (κ3) is 4.55. The Kier molecular flexibility index (Phi) is 4.89. The first-order chi connectivity index (χ1) is 9.32. The molecule has 1 aliphatic rings. The van der Waals surface area contributed by atoms with E-state index in [4.69, 9.17) is 0 Å². The van der Waals surface area contributed by atoms with Crippen LogP contribution in [0.3, 0.4) is 0 Å². The molecule has 4 nitrogen and oxygen atoms in total. The first-order valence-corrected chi connectivity index (χ1v) is 9.48. The van der Waals surface area contributed by atoms with E-state index >= 15 is 0 Å². The predicted molar refractivity (Wildman–Crippen MR) is 83.7 cm³/mol. The molecule has 1 saturated carbocycles. The molecule has 2 N–H and O–H groups in total. The Hall–Kier alpha value is -0.430. The Bertz CT molecular complexity index is 545. The molecule has 0 unspecified atom stereocenters. The normalized spacial score (nSPS) is 16.6. The van der Waals surface area contributed by atoms with Gasteiger partial charge >= 0.3 is 0 Å². The van der Waals surface area contributed by atoms with Gasteiger partial charge < -0.3 is 5.32 Å². The van der Waals surface area contributed by atoms with Crippen molar-refractivity contribution in [3.63, 3.8) is 0 Å². The monoisotopic (exact) mass is 316 g/mol. The van der Waals surface area contributed by atoms with Crippen molar-refractivity contribution in [2.45, 2.75) is 62.2 Å². The van der Waals surface area contributed by atoms with Crippen molar-refractivity contribution in [2.24, 2.45) is 0 Å². The Morgan fingerprint density at radius 1 is 1.35 bits per heavy atom. The Morgan fingerprint density at radius 3 is 2.65 bits per heavy atom. The molecule has 2 rings (SSSR count). The SMILES string of the molecule is CCC(C)(C)NS(=O)(=O)c1ccc(CCNC2CC2)s1. The van der Waals surface area contributed by atoms with Crippen LogP contribution in [-0.4, -0.2) is 26.5 Å². The highest BCUT2D eigenvalue weighted by Crippen LogP contribution is 2.24. The Morgan fingerprint density at radius 2 is 2.05 bits per heavy atom. The van der Waals surface area contributed by atoms with Gasteiger partial charge in [-0.25, -0.2) is 13.1 Å². The fraction of sp³-hybridized carbons (Fsp3) is 0.714. The van der Waals surface area contributed by atoms with E-state index in [2.05, 4.69) is 10.0 Å². The van der Waals surface area contributed by atoms with E-state index in [1.165, 1.54) is 24.2 Å². The van der Waals surface area contributed by atoms with Gasteiger partial charge in [0.15, 0.2) is 0 Å². The van der Waals surface area contributed by atoms with Gasteiger partial charge in [0, 0.05) is 23.0 Å². The molecule has 1 fully saturated rings. The molecule has 6 heteroatoms. The summed E-state index contributed by atoms with van der Waals surface area (Å²) in [6, 6.07) is 4.34. The van der Waals surface area contributed by atoms with Gasteiger partial charge in [0.1, 0.15) is 4.21 Å². The predicted octanol–water partition coefficient (Wildman–Crippen LogP) is 2.51. The minimum Gasteiger partial charge on any atom is -0.314 e. The minimum atomic E-state index is -3.39. The first-order valence-electron chi connectivity index (χ1n) is 7.18. The van der Waals surface area contributed by atoms with Crippen LogP contribution in [0.15, 0.2) is 16.3 Å². The van der Waals surface area contributed by atoms with Crippen molar-refractivity contribution < 1.29 is 8.42 Å². The highest BCUT2D eigenvalue weighted by Gasteiger charge is 2.26. The van der Waals surface area contributed by atoms with Gasteiger partial charge in [0.2, 0.25) is 0 Å². The maximum absolute atomic E-state index is 12.3. The summed E-state index contributed by atoms with van der Waals surface area (Å²) in [5.41, 5.74) is -0.406. The number of hydrogen-bond acceptors (Lipinski definition) is 4. The van der Waals surface area contributed by atoms with Crippen LogP contribution in [0.1, 0.15) is 44.9 Å². The fourth-order valence-corrected chi connectivity index (χ4v) is 4.65. The molecular formula is C14H24N2O2S2. The van der Waals surface area contributed by atoms with Crippen LogP contribution < -0.4 is 10.0 Å². The van der Waals surface area contributed by atoms with E-state index in [0.717, 1.165) is 24.3 Å². The van der Waals surface area contributed by atoms with Crippen molar-refractivity contribution in [1.82, 2.24) is 10.0 Å². The molecule has 0 radical (unpaired) electrons. The van der Waals surface area contributed by atoms with Gasteiger partial charge in [0.25, 0.3) is 10.0 Å². The van der Waals surface area contributed by atoms with E-state index in [-0.39, 0.29) is 0 Å². The third-order valence-electron chi connectivity index (χ3n) is 3.58. The van der Waals surface area contributed by atoms with Crippen LogP contribution in [0.5, 0.6) is 0 Å². The Balaban J connectivity index is 1.95. The summed E-state index contributed by atoms with van der Waals surface area (Å²) in [6.07, 6.45) is 4.21. The second-order valence-corrected chi connectivity index (χ2v) is 9.12. The van der Waals surface area contributed by atoms with Crippen LogP contribution in [0, 0.1) is 0 Å². The van der Waals surface area contributed by atoms with Gasteiger partial charge in [0.05, 0.1) is 0 Å². The maximum Gasteiger partial charge on any atom is 0.250 e. The van der Waals surface area contributed by atoms with Gasteiger partial charge in [-0.15, -0.1) is 11.3 Å². The summed E-state index contributed by atoms with van der Waals surface area (Å²) >= 11 is 1.37. The maximum atomic E-state index is 12.3. The second kappa shape index (κ2) is 6.13. The summed E-state index contributed by atoms with van der Waals surface area (Å²) in [6.45, 7) is 6.71. The third-order valence-corrected chi connectivity index (χ3v) is 6.91. The highest BCUT2D eigenvalue weighted by molar-refractivity contribution is 7.91. The molecule has 1 aromatic heterocycles. The minimum absolute atomic E-state index is 0.406. The molecule has 20 heavy (non-hydrogen) atoms. The Labute approximate surface area is 126 Å². The lowest BCUT2D eigenvalue weighted by Gasteiger charge is -2.23. The van der Waals surface area contributed by atoms with Crippen molar-refractivity contribution in [2.75, 3.05) is 6.54 Å². The average molecular weight is 316 g/mol. The zero-order valence-corrected chi connectivity index (χ0v) is 14.0. The van der Waals surface area contributed by atoms with Crippen LogP contribution in [0.2, 0.25) is 0 Å². The smallest absolute Gasteiger partial charge is 0.250 e. The van der Waals surface area contributed by atoms with Crippen LogP contribution in [0.25, 0.3) is 0 Å². The summed E-state index contributed by atoms with van der Waals surface area (Å²) in [5.74, 6) is 0. The molecule has 0 bridgehead atoms. The molecule has 0 atom stereocenters. The molecular weight excluding hydrogens is 292 g/mol. The fourth-order valence-electron chi connectivity index (χ4n) is 1.81. The first kappa shape index (κ1) is 15.9. The molecule has 0 saturated heterocycles. The second-order valence-electron chi connectivity index (χ2n) is 6.04. The standard InChI is InChI=1S/C14H24N2O2S2/c1-4-14(2,3)16-20(17,18)13-8-7-12(19-13)9-10-15-11-5-6-11/h7-8,11,15-16H,4-6,9-10H2,1-3H3. The number of thiophene rings is 1. The summed E-state index contributed by atoms with van der Waals surface area (Å²) < 4.78 is 27.8. The largest absolute Gasteiger partial charge is 0.314 e. The lowest BCUT2D eigenvalue weighted by atomic mass is 10.0. The molecule has 0 spiro atoms. The van der Waals surface area contributed by atoms with Crippen LogP contribution in [0.4, 0.5) is 0 Å². The van der Waals surface area contributed by atoms with E-state index in [9.17, 15) is 8.42 Å². The molecule has 0 aromatic carbocycles. The van der Waals surface area contributed by atoms with Crippen molar-refractivity contribution in [3.8, 4) is 0 Å². The van der Waals surface area contributed by atoms with Crippen molar-refractivity contribution in [1.29, 1.82) is 0 Å². The van der Waals surface area contributed by atoms with Crippen LogP contribution >= 0.6 is 11.3 Å². The molecule has 0 amide bonds. The highest BCUT2D eigenvalue weighted by atomic mass is 32.2. The van der Waals surface area contributed by atoms with Gasteiger partial charge in [-0.3, -0.25) is 0 Å². The summed E-state index contributed by atoms with van der Waals surface area (Å²) in [4.78, 5) is 1.12. The number of sulfonamides is 1. The van der Waals surface area contributed by atoms with E-state index in [0.29, 0.717) is 10.3 Å². The molecule has 114 valence electrons. The van der Waals surface area contributed by atoms with Gasteiger partial charge in [-0.05, 0) is 51.7 Å². The molecule has 0 aliphatic heterocycles. The molecule has 1 aliphatic carbocycles. The zero-order valence-electron chi connectivity index (χ0n) is 12.4. The molecule has 1 heterocycles. The number of rotatable bonds is 8. The average Bonchev–Trinajstić information content (AvgIpc) is 3.03. The molecule has 1 aromatic rings. The van der Waals surface area contributed by atoms with E-state index in [1.54, 1.807) is 6.07 Å². The van der Waals surface area contributed by atoms with E-state index in [1.807, 2.05) is 26.8 Å².